The average molecular weight is 564 g/mol. The lowest BCUT2D eigenvalue weighted by Crippen LogP contribution is -2.49. The number of fused-ring (bicyclic) bond motifs is 1. The SMILES string of the molecule is CCOC(=O)N1CCN(c2nc3ccccn3c(=O)c2/C=C2/SC(=S)N(C3CCS(=O)(=O)C3)C2=O)CC1. The molecule has 0 bridgehead atoms. The van der Waals surface area contributed by atoms with Crippen LogP contribution >= 0.6 is 24.0 Å². The number of piperazine rings is 1. The summed E-state index contributed by atoms with van der Waals surface area (Å²) in [4.78, 5) is 48.9. The Kier molecular flexibility index (Phi) is 6.98. The minimum Gasteiger partial charge on any atom is -0.450 e. The van der Waals surface area contributed by atoms with E-state index in [4.69, 9.17) is 21.9 Å². The van der Waals surface area contributed by atoms with E-state index in [1.165, 1.54) is 15.4 Å². The highest BCUT2D eigenvalue weighted by Gasteiger charge is 2.42. The number of nitrogens with zero attached hydrogens (tertiary/aromatic N) is 5. The van der Waals surface area contributed by atoms with Gasteiger partial charge in [0, 0.05) is 32.4 Å². The minimum absolute atomic E-state index is 0.0195. The van der Waals surface area contributed by atoms with Crippen molar-refractivity contribution in [3.63, 3.8) is 0 Å². The third-order valence-electron chi connectivity index (χ3n) is 6.53. The molecule has 3 aliphatic rings. The van der Waals surface area contributed by atoms with Crippen molar-refractivity contribution in [3.8, 4) is 0 Å². The Labute approximate surface area is 223 Å². The largest absolute Gasteiger partial charge is 0.450 e. The second-order valence-electron chi connectivity index (χ2n) is 8.86. The molecule has 2 aromatic rings. The Morgan fingerprint density at radius 3 is 2.68 bits per heavy atom. The molecule has 0 aliphatic carbocycles. The van der Waals surface area contributed by atoms with Crippen LogP contribution in [0.2, 0.25) is 0 Å². The second-order valence-corrected chi connectivity index (χ2v) is 12.8. The zero-order valence-corrected chi connectivity index (χ0v) is 22.5. The number of ether oxygens (including phenoxy) is 1. The van der Waals surface area contributed by atoms with Crippen molar-refractivity contribution in [2.45, 2.75) is 19.4 Å². The van der Waals surface area contributed by atoms with Gasteiger partial charge in [-0.3, -0.25) is 18.9 Å². The molecule has 37 heavy (non-hydrogen) atoms. The topological polar surface area (TPSA) is 122 Å². The number of hydrogen-bond donors (Lipinski definition) is 0. The minimum atomic E-state index is -3.21. The van der Waals surface area contributed by atoms with Crippen molar-refractivity contribution < 1.29 is 22.7 Å². The van der Waals surface area contributed by atoms with Crippen LogP contribution in [-0.4, -0.2) is 94.3 Å². The first-order valence-corrected chi connectivity index (χ1v) is 14.9. The standard InChI is InChI=1S/C23H25N5O6S3/c1-2-34-22(31)26-10-8-25(9-11-26)19-16(20(29)27-7-4-3-5-18(27)24-19)13-17-21(30)28(23(35)36-17)15-6-12-37(32,33)14-15/h3-5,7,13,15H,2,6,8-12,14H2,1H3/b17-13+. The number of sulfone groups is 1. The lowest BCUT2D eigenvalue weighted by Gasteiger charge is -2.35. The zero-order valence-electron chi connectivity index (χ0n) is 20.0. The van der Waals surface area contributed by atoms with E-state index in [0.717, 1.165) is 11.8 Å². The van der Waals surface area contributed by atoms with Gasteiger partial charge in [-0.2, -0.15) is 0 Å². The molecule has 0 spiro atoms. The molecule has 5 rings (SSSR count). The van der Waals surface area contributed by atoms with Crippen molar-refractivity contribution >= 4 is 67.7 Å². The smallest absolute Gasteiger partial charge is 0.409 e. The molecule has 14 heteroatoms. The molecule has 0 radical (unpaired) electrons. The van der Waals surface area contributed by atoms with E-state index in [0.29, 0.717) is 44.1 Å². The van der Waals surface area contributed by atoms with Crippen molar-refractivity contribution in [1.82, 2.24) is 19.2 Å². The van der Waals surface area contributed by atoms with Gasteiger partial charge < -0.3 is 14.5 Å². The molecule has 3 aliphatic heterocycles. The summed E-state index contributed by atoms with van der Waals surface area (Å²) in [6.07, 6.45) is 3.06. The molecule has 2 aromatic heterocycles. The maximum Gasteiger partial charge on any atom is 0.409 e. The summed E-state index contributed by atoms with van der Waals surface area (Å²) in [5.74, 6) is -0.102. The number of pyridine rings is 1. The van der Waals surface area contributed by atoms with Crippen molar-refractivity contribution in [3.05, 3.63) is 45.2 Å². The van der Waals surface area contributed by atoms with Gasteiger partial charge in [0.25, 0.3) is 11.5 Å². The van der Waals surface area contributed by atoms with Crippen LogP contribution in [0.1, 0.15) is 18.9 Å². The Hall–Kier alpha value is -2.97. The molecule has 0 N–H and O–H groups in total. The molecular weight excluding hydrogens is 538 g/mol. The number of carbonyl (C=O) groups excluding carboxylic acids is 2. The summed E-state index contributed by atoms with van der Waals surface area (Å²) >= 11 is 6.48. The first-order valence-electron chi connectivity index (χ1n) is 11.8. The number of amides is 2. The van der Waals surface area contributed by atoms with Gasteiger partial charge in [-0.05, 0) is 31.6 Å². The maximum absolute atomic E-state index is 13.6. The van der Waals surface area contributed by atoms with Gasteiger partial charge in [-0.15, -0.1) is 0 Å². The van der Waals surface area contributed by atoms with E-state index >= 15 is 0 Å². The van der Waals surface area contributed by atoms with Gasteiger partial charge in [0.1, 0.15) is 15.8 Å². The summed E-state index contributed by atoms with van der Waals surface area (Å²) in [6.45, 7) is 3.68. The van der Waals surface area contributed by atoms with Crippen LogP contribution in [0.25, 0.3) is 11.7 Å². The quantitative estimate of drug-likeness (QED) is 0.398. The fourth-order valence-electron chi connectivity index (χ4n) is 4.68. The summed E-state index contributed by atoms with van der Waals surface area (Å²) in [6, 6.07) is 4.72. The highest BCUT2D eigenvalue weighted by atomic mass is 32.2. The van der Waals surface area contributed by atoms with Crippen molar-refractivity contribution in [2.75, 3.05) is 49.2 Å². The molecule has 11 nitrogen and oxygen atoms in total. The summed E-state index contributed by atoms with van der Waals surface area (Å²) in [5, 5.41) is 0. The van der Waals surface area contributed by atoms with Gasteiger partial charge in [0.2, 0.25) is 0 Å². The monoisotopic (exact) mass is 563 g/mol. The molecular formula is C23H25N5O6S3. The number of thiocarbonyl (C=S) groups is 1. The molecule has 2 amide bonds. The van der Waals surface area contributed by atoms with E-state index in [9.17, 15) is 22.8 Å². The summed E-state index contributed by atoms with van der Waals surface area (Å²) in [5.41, 5.74) is 0.339. The van der Waals surface area contributed by atoms with E-state index in [1.54, 1.807) is 36.2 Å². The van der Waals surface area contributed by atoms with Crippen LogP contribution in [0.3, 0.4) is 0 Å². The van der Waals surface area contributed by atoms with Crippen molar-refractivity contribution in [1.29, 1.82) is 0 Å². The molecule has 0 aromatic carbocycles. The Balaban J connectivity index is 1.50. The second kappa shape index (κ2) is 10.1. The van der Waals surface area contributed by atoms with E-state index < -0.39 is 21.8 Å². The highest BCUT2D eigenvalue weighted by molar-refractivity contribution is 8.26. The maximum atomic E-state index is 13.6. The summed E-state index contributed by atoms with van der Waals surface area (Å²) in [7, 11) is -3.21. The van der Waals surface area contributed by atoms with Gasteiger partial charge in [-0.25, -0.2) is 18.2 Å². The lowest BCUT2D eigenvalue weighted by molar-refractivity contribution is -0.123. The van der Waals surface area contributed by atoms with Crippen LogP contribution in [-0.2, 0) is 19.4 Å². The molecule has 1 atom stereocenters. The predicted molar refractivity (Wildman–Crippen MR) is 144 cm³/mol. The van der Waals surface area contributed by atoms with Crippen LogP contribution in [0.5, 0.6) is 0 Å². The Bertz CT molecular complexity index is 1480. The normalized spacial score (nSPS) is 22.9. The highest BCUT2D eigenvalue weighted by Crippen LogP contribution is 2.37. The molecule has 3 fully saturated rings. The van der Waals surface area contributed by atoms with Gasteiger partial charge in [-0.1, -0.05) is 30.0 Å². The lowest BCUT2D eigenvalue weighted by atomic mass is 10.2. The van der Waals surface area contributed by atoms with Crippen molar-refractivity contribution in [2.24, 2.45) is 0 Å². The zero-order chi connectivity index (χ0) is 26.3. The van der Waals surface area contributed by atoms with Gasteiger partial charge in [0.05, 0.1) is 34.6 Å². The van der Waals surface area contributed by atoms with Crippen LogP contribution in [0.4, 0.5) is 10.6 Å². The fourth-order valence-corrected chi connectivity index (χ4v) is 7.76. The number of carbonyl (C=O) groups is 2. The van der Waals surface area contributed by atoms with E-state index in [1.807, 2.05) is 4.90 Å². The molecule has 0 saturated carbocycles. The molecule has 5 heterocycles. The Morgan fingerprint density at radius 2 is 2.00 bits per heavy atom. The molecule has 1 unspecified atom stereocenters. The third kappa shape index (κ3) is 4.97. The number of aromatic nitrogens is 2. The van der Waals surface area contributed by atoms with Gasteiger partial charge in [0.15, 0.2) is 9.84 Å². The van der Waals surface area contributed by atoms with Gasteiger partial charge >= 0.3 is 6.09 Å². The third-order valence-corrected chi connectivity index (χ3v) is 9.61. The predicted octanol–water partition coefficient (Wildman–Crippen LogP) is 1.36. The molecule has 3 saturated heterocycles. The fraction of sp³-hybridized carbons (Fsp3) is 0.435. The number of thioether (sulfide) groups is 1. The molecule has 196 valence electrons. The first-order chi connectivity index (χ1) is 17.7. The average Bonchev–Trinajstić information content (AvgIpc) is 3.37. The first kappa shape index (κ1) is 25.7. The van der Waals surface area contributed by atoms with E-state index in [-0.39, 0.29) is 44.6 Å². The Morgan fingerprint density at radius 1 is 1.24 bits per heavy atom. The van der Waals surface area contributed by atoms with Crippen LogP contribution in [0, 0.1) is 0 Å². The van der Waals surface area contributed by atoms with E-state index in [2.05, 4.69) is 0 Å². The number of rotatable bonds is 4. The van der Waals surface area contributed by atoms with Crippen LogP contribution < -0.4 is 10.5 Å². The number of anilines is 1. The summed E-state index contributed by atoms with van der Waals surface area (Å²) < 4.78 is 30.7. The number of hydrogen-bond acceptors (Lipinski definition) is 10. The van der Waals surface area contributed by atoms with Crippen LogP contribution in [0.15, 0.2) is 34.1 Å².